The smallest absolute Gasteiger partial charge is 0.335 e. The van der Waals surface area contributed by atoms with E-state index >= 15 is 0 Å². The Bertz CT molecular complexity index is 689. The number of benzene rings is 1. The lowest BCUT2D eigenvalue weighted by molar-refractivity contribution is 0.0696. The highest BCUT2D eigenvalue weighted by Gasteiger charge is 2.14. The first-order chi connectivity index (χ1) is 9.88. The van der Waals surface area contributed by atoms with Crippen LogP contribution in [0.3, 0.4) is 0 Å². The van der Waals surface area contributed by atoms with Gasteiger partial charge < -0.3 is 9.84 Å². The standard InChI is InChI=1S/C15H13ClFNO3/c1-8(2)11-6-9(15(19)20)7-13(18-11)21-12-5-3-4-10(16)14(12)17/h3-8H,1-2H3,(H,19,20). The predicted octanol–water partition coefficient (Wildman–Crippen LogP) is 4.49. The summed E-state index contributed by atoms with van der Waals surface area (Å²) in [6.07, 6.45) is 0. The van der Waals surface area contributed by atoms with Crippen LogP contribution in [-0.2, 0) is 0 Å². The molecule has 2 rings (SSSR count). The number of carboxylic acid groups (broad SMARTS) is 1. The van der Waals surface area contributed by atoms with Gasteiger partial charge >= 0.3 is 5.97 Å². The minimum absolute atomic E-state index is 0.0101. The second-order valence-corrected chi connectivity index (χ2v) is 5.14. The minimum atomic E-state index is -1.10. The summed E-state index contributed by atoms with van der Waals surface area (Å²) in [6, 6.07) is 7.03. The molecule has 110 valence electrons. The second-order valence-electron chi connectivity index (χ2n) is 4.73. The normalized spacial score (nSPS) is 10.7. The Morgan fingerprint density at radius 2 is 2.10 bits per heavy atom. The van der Waals surface area contributed by atoms with Crippen molar-refractivity contribution < 1.29 is 19.0 Å². The molecule has 0 aliphatic carbocycles. The number of nitrogens with zero attached hydrogens (tertiary/aromatic N) is 1. The van der Waals surface area contributed by atoms with E-state index in [9.17, 15) is 9.18 Å². The molecule has 0 bridgehead atoms. The van der Waals surface area contributed by atoms with Gasteiger partial charge in [-0.05, 0) is 24.1 Å². The van der Waals surface area contributed by atoms with Gasteiger partial charge in [-0.1, -0.05) is 31.5 Å². The number of rotatable bonds is 4. The molecule has 0 aliphatic heterocycles. The number of pyridine rings is 1. The van der Waals surface area contributed by atoms with Crippen molar-refractivity contribution >= 4 is 17.6 Å². The van der Waals surface area contributed by atoms with E-state index in [2.05, 4.69) is 4.98 Å². The molecule has 0 radical (unpaired) electrons. The van der Waals surface area contributed by atoms with Crippen molar-refractivity contribution in [2.75, 3.05) is 0 Å². The quantitative estimate of drug-likeness (QED) is 0.904. The van der Waals surface area contributed by atoms with E-state index < -0.39 is 11.8 Å². The maximum absolute atomic E-state index is 13.8. The first-order valence-electron chi connectivity index (χ1n) is 6.25. The third kappa shape index (κ3) is 3.49. The molecule has 4 nitrogen and oxygen atoms in total. The van der Waals surface area contributed by atoms with Crippen molar-refractivity contribution in [1.29, 1.82) is 0 Å². The molecule has 1 heterocycles. The Labute approximate surface area is 126 Å². The zero-order chi connectivity index (χ0) is 15.6. The largest absolute Gasteiger partial charge is 0.478 e. The van der Waals surface area contributed by atoms with Crippen molar-refractivity contribution in [1.82, 2.24) is 4.98 Å². The maximum Gasteiger partial charge on any atom is 0.335 e. The predicted molar refractivity (Wildman–Crippen MR) is 76.8 cm³/mol. The van der Waals surface area contributed by atoms with Gasteiger partial charge in [0.05, 0.1) is 10.6 Å². The van der Waals surface area contributed by atoms with E-state index in [1.165, 1.54) is 30.3 Å². The van der Waals surface area contributed by atoms with Gasteiger partial charge in [0.15, 0.2) is 11.6 Å². The van der Waals surface area contributed by atoms with Gasteiger partial charge in [0.2, 0.25) is 5.88 Å². The van der Waals surface area contributed by atoms with Crippen LogP contribution in [-0.4, -0.2) is 16.1 Å². The molecule has 21 heavy (non-hydrogen) atoms. The molecule has 0 atom stereocenters. The van der Waals surface area contributed by atoms with Gasteiger partial charge in [-0.25, -0.2) is 14.2 Å². The summed E-state index contributed by atoms with van der Waals surface area (Å²) in [5.41, 5.74) is 0.582. The number of halogens is 2. The zero-order valence-electron chi connectivity index (χ0n) is 11.4. The van der Waals surface area contributed by atoms with Crippen molar-refractivity contribution in [3.05, 3.63) is 52.4 Å². The maximum atomic E-state index is 13.8. The molecule has 0 spiro atoms. The molecule has 0 amide bonds. The molecule has 0 fully saturated rings. The fourth-order valence-corrected chi connectivity index (χ4v) is 1.84. The number of hydrogen-bond donors (Lipinski definition) is 1. The van der Waals surface area contributed by atoms with Gasteiger partial charge in [0.25, 0.3) is 0 Å². The lowest BCUT2D eigenvalue weighted by Crippen LogP contribution is -2.03. The van der Waals surface area contributed by atoms with Crippen LogP contribution in [0.2, 0.25) is 5.02 Å². The monoisotopic (exact) mass is 309 g/mol. The molecule has 0 saturated heterocycles. The van der Waals surface area contributed by atoms with Crippen molar-refractivity contribution in [3.8, 4) is 11.6 Å². The van der Waals surface area contributed by atoms with Crippen LogP contribution in [0, 0.1) is 5.82 Å². The number of aromatic nitrogens is 1. The molecule has 1 N–H and O–H groups in total. The van der Waals surface area contributed by atoms with Gasteiger partial charge in [-0.3, -0.25) is 0 Å². The van der Waals surface area contributed by atoms with Gasteiger partial charge in [-0.15, -0.1) is 0 Å². The van der Waals surface area contributed by atoms with E-state index in [1.807, 2.05) is 13.8 Å². The highest BCUT2D eigenvalue weighted by molar-refractivity contribution is 6.30. The number of aromatic carboxylic acids is 1. The lowest BCUT2D eigenvalue weighted by Gasteiger charge is -2.11. The zero-order valence-corrected chi connectivity index (χ0v) is 12.2. The molecule has 6 heteroatoms. The summed E-state index contributed by atoms with van der Waals surface area (Å²) >= 11 is 5.67. The van der Waals surface area contributed by atoms with Gasteiger partial charge in [0, 0.05) is 11.8 Å². The molecule has 0 unspecified atom stereocenters. The van der Waals surface area contributed by atoms with Crippen LogP contribution in [0.4, 0.5) is 4.39 Å². The van der Waals surface area contributed by atoms with Crippen LogP contribution in [0.15, 0.2) is 30.3 Å². The van der Waals surface area contributed by atoms with Crippen molar-refractivity contribution in [2.24, 2.45) is 0 Å². The molecule has 1 aromatic heterocycles. The Hall–Kier alpha value is -2.14. The summed E-state index contributed by atoms with van der Waals surface area (Å²) in [5, 5.41) is 9.02. The van der Waals surface area contributed by atoms with Crippen LogP contribution >= 0.6 is 11.6 Å². The third-order valence-corrected chi connectivity index (χ3v) is 3.08. The topological polar surface area (TPSA) is 59.4 Å². The lowest BCUT2D eigenvalue weighted by atomic mass is 10.1. The van der Waals surface area contributed by atoms with E-state index in [0.29, 0.717) is 5.69 Å². The Morgan fingerprint density at radius 3 is 2.71 bits per heavy atom. The summed E-state index contributed by atoms with van der Waals surface area (Å²) < 4.78 is 19.1. The SMILES string of the molecule is CC(C)c1cc(C(=O)O)cc(Oc2cccc(Cl)c2F)n1. The van der Waals surface area contributed by atoms with Crippen molar-refractivity contribution in [2.45, 2.75) is 19.8 Å². The van der Waals surface area contributed by atoms with E-state index in [-0.39, 0.29) is 28.1 Å². The molecular formula is C15H13ClFNO3. The molecule has 0 aliphatic rings. The Kier molecular flexibility index (Phi) is 4.43. The molecular weight excluding hydrogens is 297 g/mol. The van der Waals surface area contributed by atoms with E-state index in [4.69, 9.17) is 21.4 Å². The highest BCUT2D eigenvalue weighted by Crippen LogP contribution is 2.29. The Morgan fingerprint density at radius 1 is 1.38 bits per heavy atom. The minimum Gasteiger partial charge on any atom is -0.478 e. The van der Waals surface area contributed by atoms with E-state index in [0.717, 1.165) is 0 Å². The van der Waals surface area contributed by atoms with Gasteiger partial charge in [0.1, 0.15) is 0 Å². The fourth-order valence-electron chi connectivity index (χ4n) is 1.67. The van der Waals surface area contributed by atoms with Crippen LogP contribution < -0.4 is 4.74 Å². The molecule has 2 aromatic rings. The van der Waals surface area contributed by atoms with Crippen LogP contribution in [0.5, 0.6) is 11.6 Å². The molecule has 1 aromatic carbocycles. The summed E-state index contributed by atoms with van der Waals surface area (Å²) in [5.74, 6) is -1.90. The highest BCUT2D eigenvalue weighted by atomic mass is 35.5. The average Bonchev–Trinajstić information content (AvgIpc) is 2.43. The number of carbonyl (C=O) groups is 1. The number of hydrogen-bond acceptors (Lipinski definition) is 3. The van der Waals surface area contributed by atoms with Gasteiger partial charge in [-0.2, -0.15) is 0 Å². The number of ether oxygens (including phenoxy) is 1. The summed E-state index contributed by atoms with van der Waals surface area (Å²) in [7, 11) is 0. The number of carboxylic acids is 1. The first-order valence-corrected chi connectivity index (χ1v) is 6.63. The third-order valence-electron chi connectivity index (χ3n) is 2.79. The van der Waals surface area contributed by atoms with E-state index in [1.54, 1.807) is 0 Å². The summed E-state index contributed by atoms with van der Waals surface area (Å²) in [4.78, 5) is 15.3. The fraction of sp³-hybridized carbons (Fsp3) is 0.200. The summed E-state index contributed by atoms with van der Waals surface area (Å²) in [6.45, 7) is 3.75. The second kappa shape index (κ2) is 6.10. The average molecular weight is 310 g/mol. The van der Waals surface area contributed by atoms with Crippen molar-refractivity contribution in [3.63, 3.8) is 0 Å². The molecule has 0 saturated carbocycles. The van der Waals surface area contributed by atoms with Crippen LogP contribution in [0.1, 0.15) is 35.8 Å². The Balaban J connectivity index is 2.43. The van der Waals surface area contributed by atoms with Crippen LogP contribution in [0.25, 0.3) is 0 Å². The first kappa shape index (κ1) is 15.3.